The summed E-state index contributed by atoms with van der Waals surface area (Å²) in [5.41, 5.74) is 0. The van der Waals surface area contributed by atoms with E-state index in [1.54, 1.807) is 4.90 Å². The van der Waals surface area contributed by atoms with Crippen molar-refractivity contribution in [1.29, 1.82) is 0 Å². The molecule has 0 aliphatic rings. The third-order valence-corrected chi connectivity index (χ3v) is 1.58. The lowest BCUT2D eigenvalue weighted by atomic mass is 10.6. The van der Waals surface area contributed by atoms with Crippen LogP contribution in [0.25, 0.3) is 0 Å². The predicted octanol–water partition coefficient (Wildman–Crippen LogP) is 0.512. The molecule has 19 heavy (non-hydrogen) atoms. The Kier molecular flexibility index (Phi) is 13.2. The number of carbonyl (C=O) groups is 2. The minimum Gasteiger partial charge on any atom is -0.461 e. The monoisotopic (exact) mass is 272 g/mol. The molecule has 0 saturated carbocycles. The smallest absolute Gasteiger partial charge is 0.331 e. The molecule has 6 nitrogen and oxygen atoms in total. The van der Waals surface area contributed by atoms with Crippen LogP contribution in [0, 0.1) is 0 Å². The molecule has 0 heterocycles. The zero-order valence-corrected chi connectivity index (χ0v) is 12.2. The minimum absolute atomic E-state index is 0.310. The predicted molar refractivity (Wildman–Crippen MR) is 74.6 cm³/mol. The van der Waals surface area contributed by atoms with Crippen molar-refractivity contribution in [3.05, 3.63) is 25.3 Å². The Morgan fingerprint density at radius 3 is 1.79 bits per heavy atom. The lowest BCUT2D eigenvalue weighted by Gasteiger charge is -2.07. The normalized spacial score (nSPS) is 9.37. The summed E-state index contributed by atoms with van der Waals surface area (Å²) in [6.45, 7) is 8.00. The number of likely N-dealkylation sites (N-methyl/N-ethyl adjacent to an activating group) is 1. The van der Waals surface area contributed by atoms with E-state index in [9.17, 15) is 9.59 Å². The van der Waals surface area contributed by atoms with Gasteiger partial charge in [-0.3, -0.25) is 4.90 Å². The summed E-state index contributed by atoms with van der Waals surface area (Å²) in [4.78, 5) is 24.5. The van der Waals surface area contributed by atoms with Gasteiger partial charge in [0.15, 0.2) is 0 Å². The maximum atomic E-state index is 10.4. The third-order valence-electron chi connectivity index (χ3n) is 1.58. The molecular weight excluding hydrogens is 248 g/mol. The summed E-state index contributed by atoms with van der Waals surface area (Å²) in [6.07, 6.45) is 2.30. The second kappa shape index (κ2) is 12.8. The van der Waals surface area contributed by atoms with Crippen molar-refractivity contribution in [3.8, 4) is 0 Å². The second-order valence-electron chi connectivity index (χ2n) is 4.05. The van der Waals surface area contributed by atoms with E-state index in [1.165, 1.54) is 0 Å². The summed E-state index contributed by atoms with van der Waals surface area (Å²) in [6, 6.07) is 0. The van der Waals surface area contributed by atoms with Crippen molar-refractivity contribution < 1.29 is 19.1 Å². The van der Waals surface area contributed by atoms with Gasteiger partial charge < -0.3 is 14.4 Å². The molecule has 0 unspecified atom stereocenters. The van der Waals surface area contributed by atoms with Gasteiger partial charge in [-0.15, -0.1) is 0 Å². The lowest BCUT2D eigenvalue weighted by Crippen LogP contribution is -2.19. The van der Waals surface area contributed by atoms with Crippen molar-refractivity contribution >= 4 is 11.9 Å². The number of carbonyl (C=O) groups excluding carboxylic acids is 2. The first-order valence-corrected chi connectivity index (χ1v) is 5.71. The van der Waals surface area contributed by atoms with Crippen LogP contribution in [0.4, 0.5) is 0 Å². The van der Waals surface area contributed by atoms with Crippen LogP contribution in [-0.4, -0.2) is 69.8 Å². The molecule has 0 saturated heterocycles. The summed E-state index contributed by atoms with van der Waals surface area (Å²) in [7, 11) is 7.47. The molecule has 6 heteroatoms. The van der Waals surface area contributed by atoms with E-state index in [1.807, 2.05) is 33.1 Å². The first-order valence-electron chi connectivity index (χ1n) is 5.71. The van der Waals surface area contributed by atoms with Crippen LogP contribution in [-0.2, 0) is 19.1 Å². The van der Waals surface area contributed by atoms with Crippen molar-refractivity contribution in [2.45, 2.75) is 0 Å². The Balaban J connectivity index is 0. The molecular formula is C13H24N2O4. The van der Waals surface area contributed by atoms with Gasteiger partial charge in [0.1, 0.15) is 13.3 Å². The third kappa shape index (κ3) is 18.9. The molecule has 0 N–H and O–H groups in total. The van der Waals surface area contributed by atoms with Crippen molar-refractivity contribution in [3.63, 3.8) is 0 Å². The highest BCUT2D eigenvalue weighted by atomic mass is 16.5. The molecule has 0 atom stereocenters. The number of ether oxygens (including phenoxy) is 2. The van der Waals surface area contributed by atoms with Gasteiger partial charge in [0.25, 0.3) is 0 Å². The lowest BCUT2D eigenvalue weighted by molar-refractivity contribution is -0.141. The average molecular weight is 272 g/mol. The summed E-state index contributed by atoms with van der Waals surface area (Å²) in [5, 5.41) is 0. The molecule has 0 spiro atoms. The van der Waals surface area contributed by atoms with Crippen LogP contribution in [0.2, 0.25) is 0 Å². The molecule has 0 aromatic rings. The van der Waals surface area contributed by atoms with Gasteiger partial charge in [0, 0.05) is 18.7 Å². The summed E-state index contributed by atoms with van der Waals surface area (Å²) >= 11 is 0. The van der Waals surface area contributed by atoms with Crippen molar-refractivity contribution in [1.82, 2.24) is 9.80 Å². The number of hydrogen-bond acceptors (Lipinski definition) is 6. The Morgan fingerprint density at radius 1 is 0.947 bits per heavy atom. The van der Waals surface area contributed by atoms with E-state index in [0.717, 1.165) is 18.7 Å². The molecule has 0 rings (SSSR count). The molecule has 0 aromatic heterocycles. The fourth-order valence-electron chi connectivity index (χ4n) is 0.639. The van der Waals surface area contributed by atoms with Crippen molar-refractivity contribution in [2.75, 3.05) is 48.1 Å². The fraction of sp³-hybridized carbons (Fsp3) is 0.538. The summed E-state index contributed by atoms with van der Waals surface area (Å²) in [5.74, 6) is -0.745. The van der Waals surface area contributed by atoms with Gasteiger partial charge >= 0.3 is 11.9 Å². The SMILES string of the molecule is C=CC(=O)OCCN(C)C.C=CC(=O)OCN(C)C. The topological polar surface area (TPSA) is 59.1 Å². The fourth-order valence-corrected chi connectivity index (χ4v) is 0.639. The zero-order valence-electron chi connectivity index (χ0n) is 12.2. The Hall–Kier alpha value is -1.66. The second-order valence-corrected chi connectivity index (χ2v) is 4.05. The average Bonchev–Trinajstić information content (AvgIpc) is 2.35. The molecule has 0 amide bonds. The number of hydrogen-bond donors (Lipinski definition) is 0. The van der Waals surface area contributed by atoms with E-state index < -0.39 is 0 Å². The van der Waals surface area contributed by atoms with Crippen LogP contribution in [0.3, 0.4) is 0 Å². The number of rotatable bonds is 7. The first kappa shape index (κ1) is 19.7. The molecule has 0 radical (unpaired) electrons. The molecule has 0 bridgehead atoms. The largest absolute Gasteiger partial charge is 0.461 e. The van der Waals surface area contributed by atoms with Crippen LogP contribution < -0.4 is 0 Å². The number of nitrogens with zero attached hydrogens (tertiary/aromatic N) is 2. The Morgan fingerprint density at radius 2 is 1.42 bits per heavy atom. The van der Waals surface area contributed by atoms with Crippen LogP contribution in [0.15, 0.2) is 25.3 Å². The van der Waals surface area contributed by atoms with Gasteiger partial charge in [-0.05, 0) is 28.2 Å². The first-order chi connectivity index (χ1) is 8.83. The van der Waals surface area contributed by atoms with E-state index in [-0.39, 0.29) is 11.9 Å². The van der Waals surface area contributed by atoms with Gasteiger partial charge in [0.05, 0.1) is 0 Å². The van der Waals surface area contributed by atoms with E-state index in [4.69, 9.17) is 4.74 Å². The maximum absolute atomic E-state index is 10.4. The minimum atomic E-state index is -0.385. The van der Waals surface area contributed by atoms with Gasteiger partial charge in [0.2, 0.25) is 0 Å². The van der Waals surface area contributed by atoms with Crippen LogP contribution in [0.5, 0.6) is 0 Å². The van der Waals surface area contributed by atoms with E-state index in [0.29, 0.717) is 13.3 Å². The molecule has 0 aliphatic heterocycles. The highest BCUT2D eigenvalue weighted by molar-refractivity contribution is 5.81. The zero-order chi connectivity index (χ0) is 15.3. The summed E-state index contributed by atoms with van der Waals surface area (Å²) < 4.78 is 9.32. The van der Waals surface area contributed by atoms with E-state index in [2.05, 4.69) is 17.9 Å². The molecule has 0 fully saturated rings. The molecule has 0 aromatic carbocycles. The van der Waals surface area contributed by atoms with Crippen LogP contribution in [0.1, 0.15) is 0 Å². The standard InChI is InChI=1S/C7H13NO2.C6H11NO2/c1-4-7(9)10-6-5-8(2)3;1-4-6(8)9-5-7(2)3/h4H,1,5-6H2,2-3H3;4H,1,5H2,2-3H3. The van der Waals surface area contributed by atoms with Gasteiger partial charge in [-0.2, -0.15) is 0 Å². The highest BCUT2D eigenvalue weighted by Crippen LogP contribution is 1.81. The van der Waals surface area contributed by atoms with Crippen LogP contribution >= 0.6 is 0 Å². The molecule has 0 aliphatic carbocycles. The quantitative estimate of drug-likeness (QED) is 0.382. The van der Waals surface area contributed by atoms with Gasteiger partial charge in [-0.1, -0.05) is 13.2 Å². The van der Waals surface area contributed by atoms with Gasteiger partial charge in [-0.25, -0.2) is 9.59 Å². The highest BCUT2D eigenvalue weighted by Gasteiger charge is 1.94. The Labute approximate surface area is 115 Å². The maximum Gasteiger partial charge on any atom is 0.331 e. The Bertz CT molecular complexity index is 288. The van der Waals surface area contributed by atoms with E-state index >= 15 is 0 Å². The number of esters is 2. The molecule has 110 valence electrons. The van der Waals surface area contributed by atoms with Crippen molar-refractivity contribution in [2.24, 2.45) is 0 Å².